The molecule has 0 bridgehead atoms. The fourth-order valence-corrected chi connectivity index (χ4v) is 2.35. The van der Waals surface area contributed by atoms with E-state index in [0.29, 0.717) is 18.8 Å². The lowest BCUT2D eigenvalue weighted by Gasteiger charge is -2.23. The van der Waals surface area contributed by atoms with Gasteiger partial charge in [0.1, 0.15) is 12.4 Å². The minimum Gasteiger partial charge on any atom is -0.481 e. The molecule has 0 radical (unpaired) electrons. The van der Waals surface area contributed by atoms with E-state index < -0.39 is 14.6 Å². The monoisotopic (exact) mass is 373 g/mol. The van der Waals surface area contributed by atoms with Gasteiger partial charge in [-0.3, -0.25) is 0 Å². The Morgan fingerprint density at radius 3 is 2.67 bits per heavy atom. The van der Waals surface area contributed by atoms with Crippen LogP contribution < -0.4 is 10.1 Å². The summed E-state index contributed by atoms with van der Waals surface area (Å²) in [6.45, 7) is 4.45. The van der Waals surface area contributed by atoms with E-state index in [9.17, 15) is 8.42 Å². The van der Waals surface area contributed by atoms with Crippen LogP contribution in [0.25, 0.3) is 0 Å². The van der Waals surface area contributed by atoms with Gasteiger partial charge in [-0.15, -0.1) is 6.42 Å². The van der Waals surface area contributed by atoms with Crippen molar-refractivity contribution >= 4 is 25.8 Å². The summed E-state index contributed by atoms with van der Waals surface area (Å²) in [4.78, 5) is 0. The number of hydrogen-bond acceptors (Lipinski definition) is 4. The van der Waals surface area contributed by atoms with Crippen LogP contribution in [-0.4, -0.2) is 32.6 Å². The number of sulfone groups is 1. The topological polar surface area (TPSA) is 55.4 Å². The molecule has 0 amide bonds. The van der Waals surface area contributed by atoms with Gasteiger partial charge in [0.15, 0.2) is 9.84 Å². The van der Waals surface area contributed by atoms with Crippen molar-refractivity contribution in [1.82, 2.24) is 5.32 Å². The van der Waals surface area contributed by atoms with Gasteiger partial charge in [-0.05, 0) is 32.0 Å². The first kappa shape index (κ1) is 18.0. The van der Waals surface area contributed by atoms with Crippen molar-refractivity contribution in [2.24, 2.45) is 0 Å². The highest BCUT2D eigenvalue weighted by atomic mass is 79.9. The molecule has 1 rings (SSSR count). The molecule has 1 N–H and O–H groups in total. The van der Waals surface area contributed by atoms with Crippen molar-refractivity contribution in [1.29, 1.82) is 0 Å². The van der Waals surface area contributed by atoms with E-state index in [2.05, 4.69) is 27.2 Å². The van der Waals surface area contributed by atoms with Crippen LogP contribution in [0.2, 0.25) is 0 Å². The number of nitrogens with one attached hydrogen (secondary N) is 1. The van der Waals surface area contributed by atoms with E-state index in [4.69, 9.17) is 11.2 Å². The summed E-state index contributed by atoms with van der Waals surface area (Å²) >= 11 is 3.41. The summed E-state index contributed by atoms with van der Waals surface area (Å²) in [6.07, 6.45) is 6.44. The average Bonchev–Trinajstić information content (AvgIpc) is 2.36. The maximum Gasteiger partial charge on any atom is 0.153 e. The molecule has 0 unspecified atom stereocenters. The summed E-state index contributed by atoms with van der Waals surface area (Å²) < 4.78 is 28.9. The average molecular weight is 374 g/mol. The number of terminal acetylenes is 1. The summed E-state index contributed by atoms with van der Waals surface area (Å²) in [6, 6.07) is 5.63. The maximum absolute atomic E-state index is 11.7. The van der Waals surface area contributed by atoms with E-state index in [1.54, 1.807) is 13.8 Å². The van der Waals surface area contributed by atoms with Crippen molar-refractivity contribution in [3.63, 3.8) is 0 Å². The third-order valence-electron chi connectivity index (χ3n) is 3.20. The number of benzene rings is 1. The minimum absolute atomic E-state index is 0.198. The first-order valence-corrected chi connectivity index (χ1v) is 9.11. The molecular weight excluding hydrogens is 354 g/mol. The Hall–Kier alpha value is -1.03. The Kier molecular flexibility index (Phi) is 6.26. The summed E-state index contributed by atoms with van der Waals surface area (Å²) in [5.74, 6) is 3.12. The summed E-state index contributed by atoms with van der Waals surface area (Å²) in [5.41, 5.74) is 0.920. The molecule has 0 aromatic heterocycles. The van der Waals surface area contributed by atoms with Gasteiger partial charge in [0.25, 0.3) is 0 Å². The molecule has 1 aromatic rings. The Morgan fingerprint density at radius 1 is 1.43 bits per heavy atom. The quantitative estimate of drug-likeness (QED) is 0.745. The lowest BCUT2D eigenvalue weighted by atomic mass is 10.1. The van der Waals surface area contributed by atoms with Crippen LogP contribution in [0.3, 0.4) is 0 Å². The first-order valence-electron chi connectivity index (χ1n) is 6.42. The van der Waals surface area contributed by atoms with Crippen molar-refractivity contribution in [3.05, 3.63) is 28.2 Å². The molecule has 116 valence electrons. The molecule has 1 aromatic carbocycles. The van der Waals surface area contributed by atoms with Gasteiger partial charge in [0.2, 0.25) is 0 Å². The minimum atomic E-state index is -3.12. The van der Waals surface area contributed by atoms with Crippen molar-refractivity contribution < 1.29 is 13.2 Å². The first-order chi connectivity index (χ1) is 9.67. The molecule has 0 aliphatic heterocycles. The molecule has 0 spiro atoms. The predicted octanol–water partition coefficient (Wildman–Crippen LogP) is 2.37. The second kappa shape index (κ2) is 7.30. The van der Waals surface area contributed by atoms with Crippen LogP contribution >= 0.6 is 15.9 Å². The standard InChI is InChI=1S/C15H20BrNO3S/c1-5-8-20-14-7-6-13(16)9-12(14)10-17-11-15(2,3)21(4,18)19/h1,6-7,9,17H,8,10-11H2,2-4H3. The summed E-state index contributed by atoms with van der Waals surface area (Å²) in [7, 11) is -3.12. The Bertz CT molecular complexity index is 633. The molecule has 0 aliphatic carbocycles. The fraction of sp³-hybridized carbons (Fsp3) is 0.467. The number of rotatable bonds is 7. The van der Waals surface area contributed by atoms with Crippen LogP contribution in [0, 0.1) is 12.3 Å². The Labute approximate surface area is 135 Å². The van der Waals surface area contributed by atoms with E-state index in [0.717, 1.165) is 10.0 Å². The van der Waals surface area contributed by atoms with Crippen molar-refractivity contribution in [3.8, 4) is 18.1 Å². The highest BCUT2D eigenvalue weighted by molar-refractivity contribution is 9.10. The molecule has 0 heterocycles. The molecule has 0 fully saturated rings. The molecule has 0 saturated carbocycles. The molecule has 0 saturated heterocycles. The van der Waals surface area contributed by atoms with E-state index >= 15 is 0 Å². The normalized spacial score (nSPS) is 12.0. The SMILES string of the molecule is C#CCOc1ccc(Br)cc1CNCC(C)(C)S(C)(=O)=O. The highest BCUT2D eigenvalue weighted by Gasteiger charge is 2.29. The highest BCUT2D eigenvalue weighted by Crippen LogP contribution is 2.23. The van der Waals surface area contributed by atoms with Crippen LogP contribution in [0.1, 0.15) is 19.4 Å². The second-order valence-electron chi connectivity index (χ2n) is 5.38. The molecule has 6 heteroatoms. The van der Waals surface area contributed by atoms with Gasteiger partial charge in [0.05, 0.1) is 4.75 Å². The molecule has 0 aliphatic rings. The van der Waals surface area contributed by atoms with Crippen LogP contribution in [0.5, 0.6) is 5.75 Å². The number of hydrogen-bond donors (Lipinski definition) is 1. The lowest BCUT2D eigenvalue weighted by molar-refractivity contribution is 0.364. The van der Waals surface area contributed by atoms with E-state index in [-0.39, 0.29) is 6.61 Å². The maximum atomic E-state index is 11.7. The number of halogens is 1. The molecule has 21 heavy (non-hydrogen) atoms. The molecule has 0 atom stereocenters. The predicted molar refractivity (Wildman–Crippen MR) is 89.1 cm³/mol. The van der Waals surface area contributed by atoms with Crippen LogP contribution in [0.4, 0.5) is 0 Å². The summed E-state index contributed by atoms with van der Waals surface area (Å²) in [5, 5.41) is 3.16. The third kappa shape index (κ3) is 5.34. The number of ether oxygens (including phenoxy) is 1. The zero-order valence-corrected chi connectivity index (χ0v) is 14.8. The van der Waals surface area contributed by atoms with Gasteiger partial charge in [-0.2, -0.15) is 0 Å². The Balaban J connectivity index is 2.75. The van der Waals surface area contributed by atoms with Gasteiger partial charge in [0, 0.05) is 29.4 Å². The fourth-order valence-electron chi connectivity index (χ4n) is 1.58. The van der Waals surface area contributed by atoms with Gasteiger partial charge < -0.3 is 10.1 Å². The van der Waals surface area contributed by atoms with Crippen molar-refractivity contribution in [2.75, 3.05) is 19.4 Å². The van der Waals surface area contributed by atoms with E-state index in [1.165, 1.54) is 6.26 Å². The largest absolute Gasteiger partial charge is 0.481 e. The van der Waals surface area contributed by atoms with Crippen LogP contribution in [-0.2, 0) is 16.4 Å². The Morgan fingerprint density at radius 2 is 2.10 bits per heavy atom. The second-order valence-corrected chi connectivity index (χ2v) is 8.95. The van der Waals surface area contributed by atoms with E-state index in [1.807, 2.05) is 18.2 Å². The molecular formula is C15H20BrNO3S. The van der Waals surface area contributed by atoms with Crippen LogP contribution in [0.15, 0.2) is 22.7 Å². The zero-order valence-electron chi connectivity index (χ0n) is 12.4. The zero-order chi connectivity index (χ0) is 16.1. The third-order valence-corrected chi connectivity index (χ3v) is 5.85. The van der Waals surface area contributed by atoms with Gasteiger partial charge in [-0.25, -0.2) is 8.42 Å². The van der Waals surface area contributed by atoms with Crippen molar-refractivity contribution in [2.45, 2.75) is 25.1 Å². The molecule has 4 nitrogen and oxygen atoms in total. The van der Waals surface area contributed by atoms with Gasteiger partial charge >= 0.3 is 0 Å². The lowest BCUT2D eigenvalue weighted by Crippen LogP contribution is -2.41. The smallest absolute Gasteiger partial charge is 0.153 e. The van der Waals surface area contributed by atoms with Gasteiger partial charge in [-0.1, -0.05) is 21.9 Å².